The fraction of sp³-hybridized carbons (Fsp3) is 0.737. The Hall–Kier alpha value is -1.65. The highest BCUT2D eigenvalue weighted by Crippen LogP contribution is 2.58. The van der Waals surface area contributed by atoms with Crippen molar-refractivity contribution in [1.29, 1.82) is 0 Å². The van der Waals surface area contributed by atoms with E-state index in [2.05, 4.69) is 6.58 Å². The first-order chi connectivity index (χ1) is 11.2. The smallest absolute Gasteiger partial charge is 0.303 e. The average molecular weight is 336 g/mol. The number of esters is 2. The normalized spacial score (nSPS) is 38.6. The molecular formula is C19H28O5. The van der Waals surface area contributed by atoms with E-state index in [1.54, 1.807) is 0 Å². The lowest BCUT2D eigenvalue weighted by atomic mass is 9.57. The van der Waals surface area contributed by atoms with Crippen molar-refractivity contribution in [3.05, 3.63) is 12.2 Å². The maximum Gasteiger partial charge on any atom is 0.303 e. The van der Waals surface area contributed by atoms with Crippen molar-refractivity contribution < 1.29 is 23.9 Å². The lowest BCUT2D eigenvalue weighted by Crippen LogP contribution is -2.55. The van der Waals surface area contributed by atoms with Gasteiger partial charge in [0.05, 0.1) is 0 Å². The van der Waals surface area contributed by atoms with Gasteiger partial charge in [0.15, 0.2) is 0 Å². The largest absolute Gasteiger partial charge is 0.459 e. The van der Waals surface area contributed by atoms with Crippen LogP contribution in [0.3, 0.4) is 0 Å². The molecule has 24 heavy (non-hydrogen) atoms. The van der Waals surface area contributed by atoms with Gasteiger partial charge in [0.2, 0.25) is 0 Å². The predicted octanol–water partition coefficient (Wildman–Crippen LogP) is 3.07. The number of ether oxygens (including phenoxy) is 2. The molecule has 2 saturated carbocycles. The molecule has 0 amide bonds. The van der Waals surface area contributed by atoms with Crippen LogP contribution in [-0.2, 0) is 23.9 Å². The van der Waals surface area contributed by atoms with Crippen LogP contribution in [0.5, 0.6) is 0 Å². The number of allylic oxidation sites excluding steroid dienone is 1. The molecule has 0 heterocycles. The molecule has 0 bridgehead atoms. The van der Waals surface area contributed by atoms with E-state index in [4.69, 9.17) is 9.47 Å². The van der Waals surface area contributed by atoms with Gasteiger partial charge in [0.25, 0.3) is 0 Å². The maximum atomic E-state index is 11.8. The molecule has 6 atom stereocenters. The molecule has 5 heteroatoms. The molecule has 0 aliphatic heterocycles. The zero-order valence-electron chi connectivity index (χ0n) is 15.0. The van der Waals surface area contributed by atoms with E-state index in [-0.39, 0.29) is 17.3 Å². The van der Waals surface area contributed by atoms with Gasteiger partial charge in [-0.2, -0.15) is 0 Å². The summed E-state index contributed by atoms with van der Waals surface area (Å²) in [7, 11) is 0. The Balaban J connectivity index is 2.34. The second-order valence-corrected chi connectivity index (χ2v) is 7.51. The number of carbonyl (C=O) groups is 3. The number of hydrogen-bond donors (Lipinski definition) is 0. The van der Waals surface area contributed by atoms with Gasteiger partial charge in [-0.15, -0.1) is 0 Å². The fourth-order valence-electron chi connectivity index (χ4n) is 4.77. The molecule has 0 radical (unpaired) electrons. The number of rotatable bonds is 4. The van der Waals surface area contributed by atoms with Gasteiger partial charge in [-0.05, 0) is 43.9 Å². The quantitative estimate of drug-likeness (QED) is 0.448. The topological polar surface area (TPSA) is 69.7 Å². The molecular weight excluding hydrogens is 308 g/mol. The molecule has 134 valence electrons. The number of hydrogen-bond acceptors (Lipinski definition) is 5. The van der Waals surface area contributed by atoms with Crippen molar-refractivity contribution in [2.75, 3.05) is 0 Å². The summed E-state index contributed by atoms with van der Waals surface area (Å²) in [4.78, 5) is 34.8. The van der Waals surface area contributed by atoms with Crippen molar-refractivity contribution in [3.63, 3.8) is 0 Å². The van der Waals surface area contributed by atoms with Crippen LogP contribution < -0.4 is 0 Å². The van der Waals surface area contributed by atoms with Crippen LogP contribution in [0.2, 0.25) is 0 Å². The van der Waals surface area contributed by atoms with Crippen LogP contribution >= 0.6 is 0 Å². The van der Waals surface area contributed by atoms with E-state index in [9.17, 15) is 14.4 Å². The average Bonchev–Trinajstić information content (AvgIpc) is 2.93. The van der Waals surface area contributed by atoms with Gasteiger partial charge >= 0.3 is 11.9 Å². The Bertz CT molecular complexity index is 540. The van der Waals surface area contributed by atoms with Crippen molar-refractivity contribution in [2.45, 2.75) is 65.6 Å². The van der Waals surface area contributed by atoms with Crippen molar-refractivity contribution in [3.8, 4) is 0 Å². The van der Waals surface area contributed by atoms with Crippen LogP contribution in [0.25, 0.3) is 0 Å². The van der Waals surface area contributed by atoms with E-state index >= 15 is 0 Å². The van der Waals surface area contributed by atoms with Crippen LogP contribution in [-0.4, -0.2) is 30.4 Å². The minimum atomic E-state index is -0.564. The molecule has 2 aliphatic carbocycles. The number of carbonyl (C=O) groups excluding carboxylic acids is 3. The van der Waals surface area contributed by atoms with Gasteiger partial charge in [-0.1, -0.05) is 19.1 Å². The second kappa shape index (κ2) is 7.08. The summed E-state index contributed by atoms with van der Waals surface area (Å²) in [5, 5.41) is 0. The van der Waals surface area contributed by atoms with Gasteiger partial charge in [-0.3, -0.25) is 9.59 Å². The summed E-state index contributed by atoms with van der Waals surface area (Å²) in [5.74, 6) is -0.681. The predicted molar refractivity (Wildman–Crippen MR) is 89.0 cm³/mol. The second-order valence-electron chi connectivity index (χ2n) is 7.51. The standard InChI is InChI=1S/C19H28O5/c1-11(2)15-6-7-19(9-15)12(3)18(24-14(5)22)17(23-13(4)21)8-16(19)10-20/h10,12,15-18H,1,6-9H2,2-5H3/t12-,15-,16+,17-,18-,19-/m1/s1. The third-order valence-electron chi connectivity index (χ3n) is 6.06. The Morgan fingerprint density at radius 2 is 1.79 bits per heavy atom. The molecule has 0 aromatic rings. The van der Waals surface area contributed by atoms with E-state index in [1.165, 1.54) is 13.8 Å². The zero-order valence-corrected chi connectivity index (χ0v) is 15.0. The van der Waals surface area contributed by atoms with Crippen molar-refractivity contribution in [2.24, 2.45) is 23.2 Å². The van der Waals surface area contributed by atoms with Crippen LogP contribution in [0.1, 0.15) is 53.4 Å². The SMILES string of the molecule is C=C(C)[C@@H]1CC[C@]2(C1)[C@H](C=O)C[C@@H](OC(C)=O)[C@H](OC(C)=O)[C@H]2C. The molecule has 0 unspecified atom stereocenters. The molecule has 1 spiro atoms. The summed E-state index contributed by atoms with van der Waals surface area (Å²) in [6.07, 6.45) is 3.11. The third kappa shape index (κ3) is 3.40. The first kappa shape index (κ1) is 18.7. The van der Waals surface area contributed by atoms with Gasteiger partial charge in [0.1, 0.15) is 18.5 Å². The van der Waals surface area contributed by atoms with Crippen molar-refractivity contribution in [1.82, 2.24) is 0 Å². The summed E-state index contributed by atoms with van der Waals surface area (Å²) in [5.41, 5.74) is 0.914. The first-order valence-corrected chi connectivity index (χ1v) is 8.66. The molecule has 0 saturated heterocycles. The zero-order chi connectivity index (χ0) is 18.1. The first-order valence-electron chi connectivity index (χ1n) is 8.66. The molecule has 2 aliphatic rings. The monoisotopic (exact) mass is 336 g/mol. The molecule has 0 aromatic heterocycles. The van der Waals surface area contributed by atoms with E-state index < -0.39 is 24.1 Å². The van der Waals surface area contributed by atoms with Crippen LogP contribution in [0.4, 0.5) is 0 Å². The molecule has 0 aromatic carbocycles. The van der Waals surface area contributed by atoms with Gasteiger partial charge < -0.3 is 14.3 Å². The maximum absolute atomic E-state index is 11.8. The molecule has 2 fully saturated rings. The fourth-order valence-corrected chi connectivity index (χ4v) is 4.77. The lowest BCUT2D eigenvalue weighted by Gasteiger charge is -2.50. The van der Waals surface area contributed by atoms with Crippen LogP contribution in [0.15, 0.2) is 12.2 Å². The van der Waals surface area contributed by atoms with E-state index in [0.29, 0.717) is 12.3 Å². The van der Waals surface area contributed by atoms with E-state index in [1.807, 2.05) is 13.8 Å². The Morgan fingerprint density at radius 1 is 1.17 bits per heavy atom. The lowest BCUT2D eigenvalue weighted by molar-refractivity contribution is -0.190. The highest BCUT2D eigenvalue weighted by atomic mass is 16.6. The van der Waals surface area contributed by atoms with Gasteiger partial charge in [-0.25, -0.2) is 0 Å². The third-order valence-corrected chi connectivity index (χ3v) is 6.06. The number of aldehydes is 1. The molecule has 0 N–H and O–H groups in total. The molecule has 2 rings (SSSR count). The summed E-state index contributed by atoms with van der Waals surface area (Å²) in [6.45, 7) is 10.8. The van der Waals surface area contributed by atoms with Crippen LogP contribution in [0, 0.1) is 23.2 Å². The highest BCUT2D eigenvalue weighted by molar-refractivity contribution is 5.68. The van der Waals surface area contributed by atoms with Gasteiger partial charge in [0, 0.05) is 25.7 Å². The summed E-state index contributed by atoms with van der Waals surface area (Å²) >= 11 is 0. The van der Waals surface area contributed by atoms with E-state index in [0.717, 1.165) is 31.1 Å². The summed E-state index contributed by atoms with van der Waals surface area (Å²) in [6, 6.07) is 0. The minimum Gasteiger partial charge on any atom is -0.459 e. The summed E-state index contributed by atoms with van der Waals surface area (Å²) < 4.78 is 10.9. The van der Waals surface area contributed by atoms with Crippen molar-refractivity contribution >= 4 is 18.2 Å². The Morgan fingerprint density at radius 3 is 2.25 bits per heavy atom. The Labute approximate surface area is 143 Å². The minimum absolute atomic E-state index is 0.0564. The Kier molecular flexibility index (Phi) is 5.51. The molecule has 5 nitrogen and oxygen atoms in total. The highest BCUT2D eigenvalue weighted by Gasteiger charge is 2.57.